The highest BCUT2D eigenvalue weighted by atomic mass is 19.1. The number of hydrogen-bond acceptors (Lipinski definition) is 3. The van der Waals surface area contributed by atoms with Crippen LogP contribution in [0.25, 0.3) is 0 Å². The predicted molar refractivity (Wildman–Crippen MR) is 83.9 cm³/mol. The van der Waals surface area contributed by atoms with Crippen LogP contribution in [0.15, 0.2) is 24.3 Å². The van der Waals surface area contributed by atoms with Gasteiger partial charge in [-0.2, -0.15) is 0 Å². The van der Waals surface area contributed by atoms with Crippen molar-refractivity contribution in [1.82, 2.24) is 10.2 Å². The second kappa shape index (κ2) is 7.34. The minimum atomic E-state index is -0.169. The van der Waals surface area contributed by atoms with E-state index in [0.29, 0.717) is 0 Å². The van der Waals surface area contributed by atoms with E-state index in [4.69, 9.17) is 4.74 Å². The molecule has 0 aromatic heterocycles. The van der Waals surface area contributed by atoms with Gasteiger partial charge in [0.1, 0.15) is 5.82 Å². The fraction of sp³-hybridized carbons (Fsp3) is 0.647. The van der Waals surface area contributed by atoms with Gasteiger partial charge in [0.2, 0.25) is 0 Å². The van der Waals surface area contributed by atoms with Crippen molar-refractivity contribution in [1.29, 1.82) is 0 Å². The van der Waals surface area contributed by atoms with Crippen LogP contribution in [-0.2, 0) is 4.74 Å². The number of methoxy groups -OCH3 is 1. The second-order valence-electron chi connectivity index (χ2n) is 6.22. The Kier molecular flexibility index (Phi) is 5.73. The van der Waals surface area contributed by atoms with E-state index < -0.39 is 0 Å². The van der Waals surface area contributed by atoms with Crippen LogP contribution < -0.4 is 5.32 Å². The first kappa shape index (κ1) is 16.4. The topological polar surface area (TPSA) is 24.5 Å². The highest BCUT2D eigenvalue weighted by molar-refractivity contribution is 5.20. The van der Waals surface area contributed by atoms with Gasteiger partial charge in [-0.1, -0.05) is 12.1 Å². The van der Waals surface area contributed by atoms with Gasteiger partial charge in [-0.05, 0) is 57.5 Å². The quantitative estimate of drug-likeness (QED) is 0.873. The Morgan fingerprint density at radius 1 is 1.48 bits per heavy atom. The van der Waals surface area contributed by atoms with E-state index in [2.05, 4.69) is 17.1 Å². The molecule has 1 fully saturated rings. The summed E-state index contributed by atoms with van der Waals surface area (Å²) < 4.78 is 19.0. The van der Waals surface area contributed by atoms with Gasteiger partial charge in [0.05, 0.1) is 5.60 Å². The van der Waals surface area contributed by atoms with Gasteiger partial charge in [0, 0.05) is 26.2 Å². The molecular formula is C17H27FN2O. The maximum Gasteiger partial charge on any atom is 0.123 e. The molecule has 0 aliphatic carbocycles. The van der Waals surface area contributed by atoms with Crippen LogP contribution in [0.4, 0.5) is 4.39 Å². The van der Waals surface area contributed by atoms with E-state index in [1.807, 2.05) is 13.1 Å². The van der Waals surface area contributed by atoms with Crippen molar-refractivity contribution < 1.29 is 9.13 Å². The summed E-state index contributed by atoms with van der Waals surface area (Å²) in [4.78, 5) is 2.45. The lowest BCUT2D eigenvalue weighted by Crippen LogP contribution is -2.47. The van der Waals surface area contributed by atoms with Crippen LogP contribution in [0.2, 0.25) is 0 Å². The summed E-state index contributed by atoms with van der Waals surface area (Å²) in [7, 11) is 3.73. The smallest absolute Gasteiger partial charge is 0.123 e. The Morgan fingerprint density at radius 2 is 2.29 bits per heavy atom. The first-order chi connectivity index (χ1) is 10.1. The number of nitrogens with one attached hydrogen (secondary N) is 1. The number of hydrogen-bond donors (Lipinski definition) is 1. The first-order valence-electron chi connectivity index (χ1n) is 7.76. The predicted octanol–water partition coefficient (Wildman–Crippen LogP) is 2.98. The number of nitrogens with zero attached hydrogens (tertiary/aromatic N) is 1. The summed E-state index contributed by atoms with van der Waals surface area (Å²) in [6.45, 7) is 5.28. The molecule has 2 unspecified atom stereocenters. The Bertz CT molecular complexity index is 454. The molecule has 4 heteroatoms. The molecule has 1 aromatic carbocycles. The molecular weight excluding hydrogens is 267 g/mol. The standard InChI is InChI=1S/C17H27FN2O/c1-17(21-3)9-5-10-20(13-17)11-8-16(19-2)14-6-4-7-15(18)12-14/h4,6-7,12,16,19H,5,8-11,13H2,1-3H3. The minimum Gasteiger partial charge on any atom is -0.377 e. The van der Waals surface area contributed by atoms with Crippen molar-refractivity contribution in [3.63, 3.8) is 0 Å². The summed E-state index contributed by atoms with van der Waals surface area (Å²) in [6, 6.07) is 7.07. The molecule has 2 rings (SSSR count). The van der Waals surface area contributed by atoms with E-state index in [1.165, 1.54) is 12.5 Å². The Morgan fingerprint density at radius 3 is 2.95 bits per heavy atom. The fourth-order valence-electron chi connectivity index (χ4n) is 3.18. The lowest BCUT2D eigenvalue weighted by Gasteiger charge is -2.40. The van der Waals surface area contributed by atoms with Crippen molar-refractivity contribution in [2.24, 2.45) is 0 Å². The maximum absolute atomic E-state index is 13.4. The average molecular weight is 294 g/mol. The van der Waals surface area contributed by atoms with Crippen LogP contribution >= 0.6 is 0 Å². The van der Waals surface area contributed by atoms with E-state index >= 15 is 0 Å². The molecule has 118 valence electrons. The highest BCUT2D eigenvalue weighted by Gasteiger charge is 2.30. The molecule has 1 heterocycles. The van der Waals surface area contributed by atoms with Crippen LogP contribution in [0.3, 0.4) is 0 Å². The monoisotopic (exact) mass is 294 g/mol. The van der Waals surface area contributed by atoms with Crippen LogP contribution in [0.1, 0.15) is 37.8 Å². The molecule has 1 aliphatic rings. The molecule has 0 radical (unpaired) electrons. The Balaban J connectivity index is 1.91. The first-order valence-corrected chi connectivity index (χ1v) is 7.76. The van der Waals surface area contributed by atoms with Crippen molar-refractivity contribution in [2.45, 2.75) is 37.8 Å². The molecule has 0 bridgehead atoms. The summed E-state index contributed by atoms with van der Waals surface area (Å²) in [6.07, 6.45) is 3.27. The molecule has 1 saturated heterocycles. The summed E-state index contributed by atoms with van der Waals surface area (Å²) in [5.41, 5.74) is 0.996. The number of benzene rings is 1. The van der Waals surface area contributed by atoms with Crippen LogP contribution in [0.5, 0.6) is 0 Å². The minimum absolute atomic E-state index is 0.0216. The van der Waals surface area contributed by atoms with E-state index in [9.17, 15) is 4.39 Å². The maximum atomic E-state index is 13.4. The summed E-state index contributed by atoms with van der Waals surface area (Å²) in [5.74, 6) is -0.169. The number of piperidine rings is 1. The van der Waals surface area contributed by atoms with E-state index in [1.54, 1.807) is 19.2 Å². The third-order valence-electron chi connectivity index (χ3n) is 4.56. The second-order valence-corrected chi connectivity index (χ2v) is 6.22. The lowest BCUT2D eigenvalue weighted by atomic mass is 9.94. The van der Waals surface area contributed by atoms with Gasteiger partial charge in [0.25, 0.3) is 0 Å². The van der Waals surface area contributed by atoms with Crippen molar-refractivity contribution in [2.75, 3.05) is 33.8 Å². The molecule has 1 aromatic rings. The molecule has 1 aliphatic heterocycles. The van der Waals surface area contributed by atoms with E-state index in [0.717, 1.165) is 38.0 Å². The molecule has 2 atom stereocenters. The number of likely N-dealkylation sites (tertiary alicyclic amines) is 1. The summed E-state index contributed by atoms with van der Waals surface area (Å²) in [5, 5.41) is 3.30. The third kappa shape index (κ3) is 4.50. The van der Waals surface area contributed by atoms with Crippen molar-refractivity contribution >= 4 is 0 Å². The molecule has 3 nitrogen and oxygen atoms in total. The number of rotatable bonds is 6. The highest BCUT2D eigenvalue weighted by Crippen LogP contribution is 2.25. The van der Waals surface area contributed by atoms with Gasteiger partial charge >= 0.3 is 0 Å². The number of halogens is 1. The summed E-state index contributed by atoms with van der Waals surface area (Å²) >= 11 is 0. The molecule has 0 spiro atoms. The zero-order valence-corrected chi connectivity index (χ0v) is 13.4. The van der Waals surface area contributed by atoms with Crippen molar-refractivity contribution in [3.05, 3.63) is 35.6 Å². The van der Waals surface area contributed by atoms with E-state index in [-0.39, 0.29) is 17.5 Å². The fourth-order valence-corrected chi connectivity index (χ4v) is 3.18. The zero-order chi connectivity index (χ0) is 15.3. The van der Waals surface area contributed by atoms with Gasteiger partial charge in [0.15, 0.2) is 0 Å². The van der Waals surface area contributed by atoms with Gasteiger partial charge in [-0.25, -0.2) is 4.39 Å². The SMILES string of the molecule is CNC(CCN1CCCC(C)(OC)C1)c1cccc(F)c1. The Labute approximate surface area is 127 Å². The molecule has 1 N–H and O–H groups in total. The van der Waals surface area contributed by atoms with Gasteiger partial charge < -0.3 is 15.0 Å². The third-order valence-corrected chi connectivity index (χ3v) is 4.56. The normalized spacial score (nSPS) is 25.0. The number of ether oxygens (including phenoxy) is 1. The largest absolute Gasteiger partial charge is 0.377 e. The van der Waals surface area contributed by atoms with Gasteiger partial charge in [-0.15, -0.1) is 0 Å². The lowest BCUT2D eigenvalue weighted by molar-refractivity contribution is -0.0511. The zero-order valence-electron chi connectivity index (χ0n) is 13.4. The molecule has 0 saturated carbocycles. The van der Waals surface area contributed by atoms with Crippen molar-refractivity contribution in [3.8, 4) is 0 Å². The van der Waals surface area contributed by atoms with Crippen LogP contribution in [-0.4, -0.2) is 44.3 Å². The van der Waals surface area contributed by atoms with Gasteiger partial charge in [-0.3, -0.25) is 0 Å². The Hall–Kier alpha value is -0.970. The molecule has 21 heavy (non-hydrogen) atoms. The van der Waals surface area contributed by atoms with Crippen LogP contribution in [0, 0.1) is 5.82 Å². The average Bonchev–Trinajstić information content (AvgIpc) is 2.48. The molecule has 0 amide bonds.